The van der Waals surface area contributed by atoms with E-state index in [9.17, 15) is 4.79 Å². The van der Waals surface area contributed by atoms with E-state index in [4.69, 9.17) is 5.73 Å². The number of carbonyl (C=O) groups is 1. The van der Waals surface area contributed by atoms with E-state index < -0.39 is 0 Å². The molecule has 0 bridgehead atoms. The zero-order valence-electron chi connectivity index (χ0n) is 9.16. The topological polar surface area (TPSA) is 46.3 Å². The van der Waals surface area contributed by atoms with E-state index in [1.165, 1.54) is 0 Å². The van der Waals surface area contributed by atoms with Crippen LogP contribution in [-0.4, -0.2) is 30.9 Å². The van der Waals surface area contributed by atoms with E-state index in [0.29, 0.717) is 6.54 Å². The van der Waals surface area contributed by atoms with Crippen LogP contribution in [0.4, 0.5) is 0 Å². The van der Waals surface area contributed by atoms with Crippen molar-refractivity contribution in [3.05, 3.63) is 34.9 Å². The molecule has 80 valence electrons. The molecule has 0 fully saturated rings. The normalized spacial score (nSPS) is 20.3. The summed E-state index contributed by atoms with van der Waals surface area (Å²) in [7, 11) is 1.83. The fraction of sp³-hybridized carbons (Fsp3) is 0.417. The Morgan fingerprint density at radius 3 is 2.93 bits per heavy atom. The Morgan fingerprint density at radius 1 is 1.53 bits per heavy atom. The van der Waals surface area contributed by atoms with Gasteiger partial charge in [-0.1, -0.05) is 17.7 Å². The average molecular weight is 204 g/mol. The smallest absolute Gasteiger partial charge is 0.253 e. The fourth-order valence-corrected chi connectivity index (χ4v) is 2.13. The summed E-state index contributed by atoms with van der Waals surface area (Å²) >= 11 is 0. The van der Waals surface area contributed by atoms with Crippen molar-refractivity contribution in [2.24, 2.45) is 5.73 Å². The first-order chi connectivity index (χ1) is 7.13. The Hall–Kier alpha value is -1.35. The summed E-state index contributed by atoms with van der Waals surface area (Å²) in [6.45, 7) is 3.32. The zero-order valence-corrected chi connectivity index (χ0v) is 9.16. The monoisotopic (exact) mass is 204 g/mol. The second-order valence-electron chi connectivity index (χ2n) is 4.21. The molecule has 1 atom stereocenters. The molecule has 1 aromatic rings. The summed E-state index contributed by atoms with van der Waals surface area (Å²) in [6, 6.07) is 6.03. The Balaban J connectivity index is 2.53. The van der Waals surface area contributed by atoms with E-state index in [-0.39, 0.29) is 11.8 Å². The summed E-state index contributed by atoms with van der Waals surface area (Å²) < 4.78 is 0. The van der Waals surface area contributed by atoms with Crippen LogP contribution in [0, 0.1) is 6.92 Å². The number of hydrogen-bond acceptors (Lipinski definition) is 2. The van der Waals surface area contributed by atoms with Gasteiger partial charge in [0.15, 0.2) is 0 Å². The maximum absolute atomic E-state index is 11.9. The molecule has 3 heteroatoms. The lowest BCUT2D eigenvalue weighted by atomic mass is 9.88. The van der Waals surface area contributed by atoms with Gasteiger partial charge in [0.2, 0.25) is 0 Å². The molecule has 1 heterocycles. The highest BCUT2D eigenvalue weighted by atomic mass is 16.2. The SMILES string of the molecule is Cc1ccc2c(c1)C(=O)N(C)CC2CN. The molecule has 0 saturated carbocycles. The average Bonchev–Trinajstić information content (AvgIpc) is 2.23. The maximum Gasteiger partial charge on any atom is 0.253 e. The first-order valence-electron chi connectivity index (χ1n) is 5.19. The van der Waals surface area contributed by atoms with Gasteiger partial charge in [-0.05, 0) is 18.6 Å². The van der Waals surface area contributed by atoms with Gasteiger partial charge in [0.1, 0.15) is 0 Å². The van der Waals surface area contributed by atoms with Crippen LogP contribution in [0.5, 0.6) is 0 Å². The van der Waals surface area contributed by atoms with Gasteiger partial charge in [0.25, 0.3) is 5.91 Å². The largest absolute Gasteiger partial charge is 0.341 e. The summed E-state index contributed by atoms with van der Waals surface area (Å²) in [5.74, 6) is 0.390. The number of fused-ring (bicyclic) bond motifs is 1. The minimum absolute atomic E-state index is 0.110. The molecule has 0 aliphatic carbocycles. The lowest BCUT2D eigenvalue weighted by Crippen LogP contribution is -2.39. The number of benzene rings is 1. The number of carbonyl (C=O) groups excluding carboxylic acids is 1. The molecule has 0 saturated heterocycles. The van der Waals surface area contributed by atoms with Crippen molar-refractivity contribution in [2.75, 3.05) is 20.1 Å². The van der Waals surface area contributed by atoms with E-state index in [1.54, 1.807) is 4.90 Å². The van der Waals surface area contributed by atoms with Crippen LogP contribution in [0.3, 0.4) is 0 Å². The van der Waals surface area contributed by atoms with Gasteiger partial charge in [0.05, 0.1) is 0 Å². The molecule has 2 N–H and O–H groups in total. The van der Waals surface area contributed by atoms with Gasteiger partial charge < -0.3 is 10.6 Å². The van der Waals surface area contributed by atoms with E-state index in [1.807, 2.05) is 32.2 Å². The van der Waals surface area contributed by atoms with Crippen molar-refractivity contribution in [3.8, 4) is 0 Å². The highest BCUT2D eigenvalue weighted by Crippen LogP contribution is 2.27. The van der Waals surface area contributed by atoms with Gasteiger partial charge in [-0.25, -0.2) is 0 Å². The molecule has 3 nitrogen and oxygen atoms in total. The van der Waals surface area contributed by atoms with Crippen LogP contribution in [0.2, 0.25) is 0 Å². The number of likely N-dealkylation sites (N-methyl/N-ethyl adjacent to an activating group) is 1. The zero-order chi connectivity index (χ0) is 11.0. The minimum Gasteiger partial charge on any atom is -0.341 e. The maximum atomic E-state index is 11.9. The highest BCUT2D eigenvalue weighted by molar-refractivity contribution is 5.97. The van der Waals surface area contributed by atoms with Gasteiger partial charge in [-0.3, -0.25) is 4.79 Å². The summed E-state index contributed by atoms with van der Waals surface area (Å²) in [4.78, 5) is 13.7. The van der Waals surface area contributed by atoms with Gasteiger partial charge >= 0.3 is 0 Å². The number of nitrogens with zero attached hydrogens (tertiary/aromatic N) is 1. The van der Waals surface area contributed by atoms with Gasteiger partial charge in [-0.2, -0.15) is 0 Å². The third kappa shape index (κ3) is 1.63. The Kier molecular flexibility index (Phi) is 2.49. The number of hydrogen-bond donors (Lipinski definition) is 1. The molecule has 1 aliphatic heterocycles. The summed E-state index contributed by atoms with van der Waals surface area (Å²) in [6.07, 6.45) is 0. The lowest BCUT2D eigenvalue weighted by Gasteiger charge is -2.31. The number of amides is 1. The highest BCUT2D eigenvalue weighted by Gasteiger charge is 2.27. The van der Waals surface area contributed by atoms with Crippen LogP contribution in [0.15, 0.2) is 18.2 Å². The van der Waals surface area contributed by atoms with Crippen LogP contribution >= 0.6 is 0 Å². The van der Waals surface area contributed by atoms with Crippen molar-refractivity contribution in [1.82, 2.24) is 4.90 Å². The summed E-state index contributed by atoms with van der Waals surface area (Å²) in [5.41, 5.74) is 8.77. The Morgan fingerprint density at radius 2 is 2.27 bits per heavy atom. The lowest BCUT2D eigenvalue weighted by molar-refractivity contribution is 0.0766. The molecule has 1 aromatic carbocycles. The second kappa shape index (κ2) is 3.66. The van der Waals surface area contributed by atoms with Crippen molar-refractivity contribution < 1.29 is 4.79 Å². The fourth-order valence-electron chi connectivity index (χ4n) is 2.13. The molecule has 0 radical (unpaired) electrons. The predicted molar refractivity (Wildman–Crippen MR) is 59.9 cm³/mol. The Bertz CT molecular complexity index is 401. The van der Waals surface area contributed by atoms with Crippen LogP contribution in [0.1, 0.15) is 27.4 Å². The predicted octanol–water partition coefficient (Wildman–Crippen LogP) is 1.12. The third-order valence-corrected chi connectivity index (χ3v) is 3.00. The molecule has 0 aromatic heterocycles. The minimum atomic E-state index is 0.110. The van der Waals surface area contributed by atoms with Gasteiger partial charge in [-0.15, -0.1) is 0 Å². The molecule has 1 amide bonds. The standard InChI is InChI=1S/C12H16N2O/c1-8-3-4-10-9(6-13)7-14(2)12(15)11(10)5-8/h3-5,9H,6-7,13H2,1-2H3. The Labute approximate surface area is 89.9 Å². The molecule has 1 aliphatic rings. The van der Waals surface area contributed by atoms with E-state index >= 15 is 0 Å². The second-order valence-corrected chi connectivity index (χ2v) is 4.21. The van der Waals surface area contributed by atoms with Crippen molar-refractivity contribution in [2.45, 2.75) is 12.8 Å². The van der Waals surface area contributed by atoms with Crippen LogP contribution in [0.25, 0.3) is 0 Å². The molecular weight excluding hydrogens is 188 g/mol. The number of aryl methyl sites for hydroxylation is 1. The molecule has 0 spiro atoms. The third-order valence-electron chi connectivity index (χ3n) is 3.00. The molecular formula is C12H16N2O. The van der Waals surface area contributed by atoms with E-state index in [2.05, 4.69) is 0 Å². The molecule has 2 rings (SSSR count). The van der Waals surface area contributed by atoms with Crippen molar-refractivity contribution >= 4 is 5.91 Å². The van der Waals surface area contributed by atoms with Crippen molar-refractivity contribution in [3.63, 3.8) is 0 Å². The first-order valence-corrected chi connectivity index (χ1v) is 5.19. The first kappa shape index (κ1) is 10.2. The van der Waals surface area contributed by atoms with Crippen LogP contribution in [-0.2, 0) is 0 Å². The molecule has 1 unspecified atom stereocenters. The molecule has 15 heavy (non-hydrogen) atoms. The van der Waals surface area contributed by atoms with Gasteiger partial charge in [0, 0.05) is 31.6 Å². The number of rotatable bonds is 1. The number of nitrogens with two attached hydrogens (primary N) is 1. The quantitative estimate of drug-likeness (QED) is 0.745. The van der Waals surface area contributed by atoms with Crippen LogP contribution < -0.4 is 5.73 Å². The van der Waals surface area contributed by atoms with Crippen molar-refractivity contribution in [1.29, 1.82) is 0 Å². The summed E-state index contributed by atoms with van der Waals surface area (Å²) in [5, 5.41) is 0. The van der Waals surface area contributed by atoms with E-state index in [0.717, 1.165) is 23.2 Å².